The van der Waals surface area contributed by atoms with Crippen LogP contribution in [-0.2, 0) is 4.74 Å². The van der Waals surface area contributed by atoms with Gasteiger partial charge in [0.1, 0.15) is 17.3 Å². The van der Waals surface area contributed by atoms with Crippen LogP contribution < -0.4 is 15.0 Å². The SMILES string of the molecule is COc1ncc(F)cc1NC(C)c1cc(C(=O)N(C)C)cc2ncc(N3CCOCC3)nc12. The molecular formula is C23H27FN6O3. The summed E-state index contributed by atoms with van der Waals surface area (Å²) in [5.41, 5.74) is 2.92. The molecule has 174 valence electrons. The smallest absolute Gasteiger partial charge is 0.253 e. The third-order valence-corrected chi connectivity index (χ3v) is 5.50. The highest BCUT2D eigenvalue weighted by atomic mass is 19.1. The number of anilines is 2. The predicted octanol–water partition coefficient (Wildman–Crippen LogP) is 2.88. The Kier molecular flexibility index (Phi) is 6.55. The van der Waals surface area contributed by atoms with E-state index in [0.717, 1.165) is 30.7 Å². The van der Waals surface area contributed by atoms with E-state index in [1.807, 2.05) is 6.92 Å². The first kappa shape index (κ1) is 22.7. The highest BCUT2D eigenvalue weighted by Crippen LogP contribution is 2.31. The molecule has 4 rings (SSSR count). The average Bonchev–Trinajstić information content (AvgIpc) is 2.83. The summed E-state index contributed by atoms with van der Waals surface area (Å²) in [5, 5.41) is 3.25. The van der Waals surface area contributed by atoms with E-state index >= 15 is 0 Å². The molecule has 1 aliphatic rings. The van der Waals surface area contributed by atoms with Crippen LogP contribution in [0.4, 0.5) is 15.9 Å². The van der Waals surface area contributed by atoms with Gasteiger partial charge >= 0.3 is 0 Å². The predicted molar refractivity (Wildman–Crippen MR) is 123 cm³/mol. The maximum atomic E-state index is 13.9. The van der Waals surface area contributed by atoms with E-state index in [1.54, 1.807) is 32.4 Å². The van der Waals surface area contributed by atoms with Crippen molar-refractivity contribution in [2.75, 3.05) is 57.7 Å². The number of methoxy groups -OCH3 is 1. The lowest BCUT2D eigenvalue weighted by Gasteiger charge is -2.28. The number of nitrogens with zero attached hydrogens (tertiary/aromatic N) is 5. The Hall–Kier alpha value is -3.53. The zero-order valence-electron chi connectivity index (χ0n) is 19.1. The number of aromatic nitrogens is 3. The first-order valence-corrected chi connectivity index (χ1v) is 10.7. The second kappa shape index (κ2) is 9.53. The number of carbonyl (C=O) groups excluding carboxylic acids is 1. The number of amides is 1. The second-order valence-corrected chi connectivity index (χ2v) is 8.04. The zero-order chi connectivity index (χ0) is 23.5. The van der Waals surface area contributed by atoms with E-state index in [-0.39, 0.29) is 17.8 Å². The Labute approximate surface area is 191 Å². The molecule has 3 heterocycles. The quantitative estimate of drug-likeness (QED) is 0.608. The fourth-order valence-electron chi connectivity index (χ4n) is 3.79. The van der Waals surface area contributed by atoms with Gasteiger partial charge in [-0.2, -0.15) is 0 Å². The molecule has 0 aliphatic carbocycles. The Morgan fingerprint density at radius 2 is 1.97 bits per heavy atom. The molecule has 3 aromatic rings. The molecule has 10 heteroatoms. The average molecular weight is 455 g/mol. The number of morpholine rings is 1. The van der Waals surface area contributed by atoms with E-state index in [0.29, 0.717) is 35.5 Å². The van der Waals surface area contributed by atoms with E-state index in [9.17, 15) is 9.18 Å². The van der Waals surface area contributed by atoms with Crippen LogP contribution in [0.2, 0.25) is 0 Å². The van der Waals surface area contributed by atoms with E-state index in [1.165, 1.54) is 18.1 Å². The first-order chi connectivity index (χ1) is 15.9. The number of rotatable bonds is 6. The fourth-order valence-corrected chi connectivity index (χ4v) is 3.79. The molecule has 1 atom stereocenters. The molecule has 0 bridgehead atoms. The van der Waals surface area contributed by atoms with Gasteiger partial charge in [0.2, 0.25) is 5.88 Å². The maximum Gasteiger partial charge on any atom is 0.253 e. The van der Waals surface area contributed by atoms with Crippen LogP contribution in [0.5, 0.6) is 5.88 Å². The molecule has 2 aromatic heterocycles. The number of nitrogens with one attached hydrogen (secondary N) is 1. The molecule has 1 amide bonds. The molecule has 1 aliphatic heterocycles. The summed E-state index contributed by atoms with van der Waals surface area (Å²) in [4.78, 5) is 29.9. The van der Waals surface area contributed by atoms with Gasteiger partial charge in [-0.15, -0.1) is 0 Å². The summed E-state index contributed by atoms with van der Waals surface area (Å²) >= 11 is 0. The van der Waals surface area contributed by atoms with Gasteiger partial charge < -0.3 is 24.6 Å². The van der Waals surface area contributed by atoms with E-state index in [4.69, 9.17) is 14.5 Å². The van der Waals surface area contributed by atoms with Gasteiger partial charge in [0.05, 0.1) is 49.8 Å². The summed E-state index contributed by atoms with van der Waals surface area (Å²) in [6.45, 7) is 4.63. The van der Waals surface area contributed by atoms with E-state index in [2.05, 4.69) is 20.2 Å². The number of hydrogen-bond acceptors (Lipinski definition) is 8. The van der Waals surface area contributed by atoms with Gasteiger partial charge in [0.25, 0.3) is 5.91 Å². The highest BCUT2D eigenvalue weighted by Gasteiger charge is 2.21. The third-order valence-electron chi connectivity index (χ3n) is 5.50. The number of pyridine rings is 1. The summed E-state index contributed by atoms with van der Waals surface area (Å²) < 4.78 is 24.6. The summed E-state index contributed by atoms with van der Waals surface area (Å²) in [6, 6.07) is 4.52. The van der Waals surface area contributed by atoms with Gasteiger partial charge in [0.15, 0.2) is 0 Å². The van der Waals surface area contributed by atoms with Crippen LogP contribution in [0, 0.1) is 5.82 Å². The molecule has 1 saturated heterocycles. The summed E-state index contributed by atoms with van der Waals surface area (Å²) in [6.07, 6.45) is 2.82. The molecule has 1 fully saturated rings. The Balaban J connectivity index is 1.80. The van der Waals surface area contributed by atoms with Gasteiger partial charge in [0, 0.05) is 44.4 Å². The van der Waals surface area contributed by atoms with Crippen molar-refractivity contribution >= 4 is 28.4 Å². The topological polar surface area (TPSA) is 92.7 Å². The van der Waals surface area contributed by atoms with Gasteiger partial charge in [-0.25, -0.2) is 14.4 Å². The molecule has 1 unspecified atom stereocenters. The van der Waals surface area contributed by atoms with Gasteiger partial charge in [-0.05, 0) is 19.1 Å². The minimum atomic E-state index is -0.485. The number of fused-ring (bicyclic) bond motifs is 1. The van der Waals surface area contributed by atoms with Crippen LogP contribution in [0.15, 0.2) is 30.6 Å². The largest absolute Gasteiger partial charge is 0.480 e. The zero-order valence-corrected chi connectivity index (χ0v) is 19.1. The fraction of sp³-hybridized carbons (Fsp3) is 0.391. The van der Waals surface area contributed by atoms with Crippen LogP contribution in [0.1, 0.15) is 28.9 Å². The van der Waals surface area contributed by atoms with Gasteiger partial charge in [-0.1, -0.05) is 0 Å². The minimum Gasteiger partial charge on any atom is -0.480 e. The highest BCUT2D eigenvalue weighted by molar-refractivity contribution is 5.98. The van der Waals surface area contributed by atoms with Gasteiger partial charge in [-0.3, -0.25) is 9.78 Å². The summed E-state index contributed by atoms with van der Waals surface area (Å²) in [7, 11) is 4.87. The van der Waals surface area contributed by atoms with Crippen molar-refractivity contribution in [1.29, 1.82) is 0 Å². The Morgan fingerprint density at radius 1 is 1.21 bits per heavy atom. The molecule has 0 radical (unpaired) electrons. The van der Waals surface area contributed by atoms with Crippen LogP contribution >= 0.6 is 0 Å². The number of benzene rings is 1. The van der Waals surface area contributed by atoms with Crippen molar-refractivity contribution < 1.29 is 18.7 Å². The van der Waals surface area contributed by atoms with Crippen molar-refractivity contribution in [2.24, 2.45) is 0 Å². The maximum absolute atomic E-state index is 13.9. The normalized spacial score (nSPS) is 14.8. The summed E-state index contributed by atoms with van der Waals surface area (Å²) in [5.74, 6) is 0.389. The molecule has 0 saturated carbocycles. The molecule has 33 heavy (non-hydrogen) atoms. The van der Waals surface area contributed by atoms with Crippen molar-refractivity contribution in [3.05, 3.63) is 47.5 Å². The first-order valence-electron chi connectivity index (χ1n) is 10.7. The number of ether oxygens (including phenoxy) is 2. The lowest BCUT2D eigenvalue weighted by molar-refractivity contribution is 0.0827. The van der Waals surface area contributed by atoms with Crippen molar-refractivity contribution in [2.45, 2.75) is 13.0 Å². The molecule has 1 N–H and O–H groups in total. The molecule has 1 aromatic carbocycles. The lowest BCUT2D eigenvalue weighted by Crippen LogP contribution is -2.36. The number of carbonyl (C=O) groups is 1. The molecule has 9 nitrogen and oxygen atoms in total. The standard InChI is InChI=1S/C23H27FN6O3/c1-14(27-19-11-16(24)12-26-22(19)32-4)17-9-15(23(31)29(2)3)10-18-21(17)28-20(13-25-18)30-5-7-33-8-6-30/h9-14,27H,5-8H2,1-4H3. The molecular weight excluding hydrogens is 427 g/mol. The Morgan fingerprint density at radius 3 is 2.67 bits per heavy atom. The van der Waals surface area contributed by atoms with Crippen molar-refractivity contribution in [3.63, 3.8) is 0 Å². The van der Waals surface area contributed by atoms with Crippen LogP contribution in [-0.4, -0.2) is 73.3 Å². The Bertz CT molecular complexity index is 1170. The van der Waals surface area contributed by atoms with Crippen molar-refractivity contribution in [1.82, 2.24) is 19.9 Å². The van der Waals surface area contributed by atoms with Crippen LogP contribution in [0.25, 0.3) is 11.0 Å². The van der Waals surface area contributed by atoms with Crippen LogP contribution in [0.3, 0.4) is 0 Å². The van der Waals surface area contributed by atoms with E-state index < -0.39 is 5.82 Å². The third kappa shape index (κ3) is 4.80. The number of halogens is 1. The minimum absolute atomic E-state index is 0.144. The molecule has 0 spiro atoms. The lowest BCUT2D eigenvalue weighted by atomic mass is 10.0. The monoisotopic (exact) mass is 454 g/mol. The number of hydrogen-bond donors (Lipinski definition) is 1. The van der Waals surface area contributed by atoms with Crippen molar-refractivity contribution in [3.8, 4) is 5.88 Å². The second-order valence-electron chi connectivity index (χ2n) is 8.04.